The highest BCUT2D eigenvalue weighted by Gasteiger charge is 2.30. The van der Waals surface area contributed by atoms with Crippen LogP contribution in [0.1, 0.15) is 86.3 Å². The summed E-state index contributed by atoms with van der Waals surface area (Å²) < 4.78 is 7.82. The largest absolute Gasteiger partial charge is 0.456 e. The van der Waals surface area contributed by atoms with E-state index in [-0.39, 0.29) is 17.8 Å². The molecule has 0 aliphatic heterocycles. The Bertz CT molecular complexity index is 1540. The first-order chi connectivity index (χ1) is 20.2. The third kappa shape index (κ3) is 7.35. The highest BCUT2D eigenvalue weighted by Crippen LogP contribution is 2.32. The lowest BCUT2D eigenvalue weighted by molar-refractivity contribution is -0.117. The molecule has 1 N–H and O–H groups in total. The van der Waals surface area contributed by atoms with E-state index in [2.05, 4.69) is 47.1 Å². The average molecular weight is 564 g/mol. The zero-order valence-corrected chi connectivity index (χ0v) is 25.2. The van der Waals surface area contributed by atoms with Crippen molar-refractivity contribution in [2.45, 2.75) is 78.4 Å². The lowest BCUT2D eigenvalue weighted by Gasteiger charge is -2.20. The van der Waals surface area contributed by atoms with Crippen LogP contribution in [0.15, 0.2) is 79.1 Å². The number of aromatic nitrogens is 2. The summed E-state index contributed by atoms with van der Waals surface area (Å²) in [6.07, 6.45) is 9.66. The van der Waals surface area contributed by atoms with Crippen molar-refractivity contribution in [3.63, 3.8) is 0 Å². The second-order valence-electron chi connectivity index (χ2n) is 12.2. The summed E-state index contributed by atoms with van der Waals surface area (Å²) in [4.78, 5) is 30.2. The Hall–Kier alpha value is -4.19. The number of carbonyl (C=O) groups is 2. The number of carbonyl (C=O) groups excluding carboxylic acids is 2. The molecule has 1 fully saturated rings. The minimum absolute atomic E-state index is 0.126. The Balaban J connectivity index is 1.35. The number of nitrogens with one attached hydrogen (secondary N) is 1. The van der Waals surface area contributed by atoms with Crippen LogP contribution in [0.3, 0.4) is 0 Å². The minimum Gasteiger partial charge on any atom is -0.456 e. The van der Waals surface area contributed by atoms with Crippen LogP contribution in [0, 0.1) is 5.92 Å². The van der Waals surface area contributed by atoms with Gasteiger partial charge < -0.3 is 14.6 Å². The van der Waals surface area contributed by atoms with Gasteiger partial charge in [0.1, 0.15) is 11.4 Å². The molecule has 1 aliphatic carbocycles. The summed E-state index contributed by atoms with van der Waals surface area (Å²) >= 11 is 0. The van der Waals surface area contributed by atoms with Crippen LogP contribution >= 0.6 is 0 Å². The van der Waals surface area contributed by atoms with Crippen molar-refractivity contribution in [2.24, 2.45) is 5.92 Å². The predicted molar refractivity (Wildman–Crippen MR) is 168 cm³/mol. The van der Waals surface area contributed by atoms with E-state index < -0.39 is 5.60 Å². The SMILES string of the molecule is CCCCc1cccc(NC(=O)C2CC2)c1Cc1nccn1Cc1ccc(-c2ccccc2C(=O)OC(C)(C)C)cc1. The summed E-state index contributed by atoms with van der Waals surface area (Å²) in [6.45, 7) is 8.50. The first-order valence-electron chi connectivity index (χ1n) is 15.0. The second-order valence-corrected chi connectivity index (χ2v) is 12.2. The fourth-order valence-corrected chi connectivity index (χ4v) is 5.18. The molecule has 218 valence electrons. The van der Waals surface area contributed by atoms with Gasteiger partial charge in [-0.15, -0.1) is 0 Å². The third-order valence-electron chi connectivity index (χ3n) is 7.58. The molecule has 6 heteroatoms. The number of amides is 1. The Morgan fingerprint density at radius 1 is 1.00 bits per heavy atom. The molecule has 1 heterocycles. The first-order valence-corrected chi connectivity index (χ1v) is 15.0. The van der Waals surface area contributed by atoms with Crippen LogP contribution < -0.4 is 5.32 Å². The molecular formula is C36H41N3O3. The van der Waals surface area contributed by atoms with Gasteiger partial charge in [0.25, 0.3) is 0 Å². The maximum absolute atomic E-state index is 12.9. The quantitative estimate of drug-likeness (QED) is 0.189. The minimum atomic E-state index is -0.559. The van der Waals surface area contributed by atoms with E-state index in [4.69, 9.17) is 9.72 Å². The first kappa shape index (κ1) is 29.3. The average Bonchev–Trinajstić information content (AvgIpc) is 3.73. The third-order valence-corrected chi connectivity index (χ3v) is 7.58. The van der Waals surface area contributed by atoms with Crippen LogP contribution in [0.25, 0.3) is 11.1 Å². The smallest absolute Gasteiger partial charge is 0.339 e. The number of unbranched alkanes of at least 4 members (excludes halogenated alkanes) is 1. The Kier molecular flexibility index (Phi) is 8.91. The number of nitrogens with zero attached hydrogens (tertiary/aromatic N) is 2. The number of hydrogen-bond acceptors (Lipinski definition) is 4. The number of benzene rings is 3. The fourth-order valence-electron chi connectivity index (χ4n) is 5.18. The van der Waals surface area contributed by atoms with Crippen molar-refractivity contribution in [3.8, 4) is 11.1 Å². The number of rotatable bonds is 11. The zero-order chi connectivity index (χ0) is 29.7. The monoisotopic (exact) mass is 563 g/mol. The summed E-state index contributed by atoms with van der Waals surface area (Å²) in [7, 11) is 0. The molecule has 1 amide bonds. The Morgan fingerprint density at radius 2 is 1.76 bits per heavy atom. The predicted octanol–water partition coefficient (Wildman–Crippen LogP) is 7.84. The number of ether oxygens (including phenoxy) is 1. The molecule has 1 saturated carbocycles. The number of aryl methyl sites for hydroxylation is 1. The Labute approximate surface area is 249 Å². The molecule has 42 heavy (non-hydrogen) atoms. The molecule has 0 unspecified atom stereocenters. The van der Waals surface area contributed by atoms with Crippen LogP contribution in [0.2, 0.25) is 0 Å². The number of esters is 1. The van der Waals surface area contributed by atoms with Crippen molar-refractivity contribution < 1.29 is 14.3 Å². The second kappa shape index (κ2) is 12.8. The van der Waals surface area contributed by atoms with Crippen LogP contribution in [-0.4, -0.2) is 27.0 Å². The van der Waals surface area contributed by atoms with E-state index in [1.165, 1.54) is 5.56 Å². The molecular weight excluding hydrogens is 522 g/mol. The van der Waals surface area contributed by atoms with Gasteiger partial charge in [0.15, 0.2) is 0 Å². The van der Waals surface area contributed by atoms with Gasteiger partial charge in [-0.3, -0.25) is 4.79 Å². The van der Waals surface area contributed by atoms with E-state index in [9.17, 15) is 9.59 Å². The molecule has 1 aromatic heterocycles. The van der Waals surface area contributed by atoms with Crippen LogP contribution in [0.4, 0.5) is 5.69 Å². The normalized spacial score (nSPS) is 13.1. The van der Waals surface area contributed by atoms with E-state index in [0.717, 1.165) is 65.9 Å². The zero-order valence-electron chi connectivity index (χ0n) is 25.2. The number of hydrogen-bond donors (Lipinski definition) is 1. The topological polar surface area (TPSA) is 73.2 Å². The van der Waals surface area contributed by atoms with Crippen molar-refractivity contribution in [1.82, 2.24) is 9.55 Å². The summed E-state index contributed by atoms with van der Waals surface area (Å²) in [6, 6.07) is 22.1. The van der Waals surface area contributed by atoms with Crippen molar-refractivity contribution in [2.75, 3.05) is 5.32 Å². The van der Waals surface area contributed by atoms with Gasteiger partial charge in [-0.25, -0.2) is 9.78 Å². The molecule has 6 nitrogen and oxygen atoms in total. The fraction of sp³-hybridized carbons (Fsp3) is 0.361. The summed E-state index contributed by atoms with van der Waals surface area (Å²) in [5.74, 6) is 0.913. The molecule has 0 spiro atoms. The number of imidazole rings is 1. The lowest BCUT2D eigenvalue weighted by atomic mass is 9.97. The molecule has 0 atom stereocenters. The van der Waals surface area contributed by atoms with Gasteiger partial charge in [-0.1, -0.05) is 67.9 Å². The van der Waals surface area contributed by atoms with Gasteiger partial charge in [-0.2, -0.15) is 0 Å². The van der Waals surface area contributed by atoms with Crippen molar-refractivity contribution in [3.05, 3.63) is 107 Å². The molecule has 3 aromatic carbocycles. The van der Waals surface area contributed by atoms with Gasteiger partial charge in [0, 0.05) is 37.0 Å². The van der Waals surface area contributed by atoms with Crippen molar-refractivity contribution >= 4 is 17.6 Å². The molecule has 4 aromatic rings. The highest BCUT2D eigenvalue weighted by molar-refractivity contribution is 5.97. The molecule has 5 rings (SSSR count). The Morgan fingerprint density at radius 3 is 2.48 bits per heavy atom. The van der Waals surface area contributed by atoms with E-state index in [1.54, 1.807) is 0 Å². The maximum Gasteiger partial charge on any atom is 0.339 e. The summed E-state index contributed by atoms with van der Waals surface area (Å²) in [5.41, 5.74) is 6.28. The van der Waals surface area contributed by atoms with Crippen LogP contribution in [-0.2, 0) is 28.9 Å². The molecule has 0 bridgehead atoms. The van der Waals surface area contributed by atoms with Crippen molar-refractivity contribution in [1.29, 1.82) is 0 Å². The van der Waals surface area contributed by atoms with E-state index in [0.29, 0.717) is 18.5 Å². The maximum atomic E-state index is 12.9. The standard InChI is InChI=1S/C36H41N3O3/c1-5-6-10-26-11-9-14-32(38-34(40)28-19-20-28)31(26)23-33-37-21-22-39(33)24-25-15-17-27(18-16-25)29-12-7-8-13-30(29)35(41)42-36(2,3)4/h7-9,11-18,21-22,28H,5-6,10,19-20,23-24H2,1-4H3,(H,38,40). The molecule has 1 aliphatic rings. The van der Waals surface area contributed by atoms with Crippen LogP contribution in [0.5, 0.6) is 0 Å². The van der Waals surface area contributed by atoms with Gasteiger partial charge in [-0.05, 0) is 86.4 Å². The highest BCUT2D eigenvalue weighted by atomic mass is 16.6. The molecule has 0 saturated heterocycles. The lowest BCUT2D eigenvalue weighted by Crippen LogP contribution is -2.24. The summed E-state index contributed by atoms with van der Waals surface area (Å²) in [5, 5.41) is 3.21. The number of anilines is 1. The van der Waals surface area contributed by atoms with Gasteiger partial charge in [0.2, 0.25) is 5.91 Å². The molecule has 0 radical (unpaired) electrons. The van der Waals surface area contributed by atoms with Gasteiger partial charge in [0.05, 0.1) is 5.56 Å². The van der Waals surface area contributed by atoms with E-state index in [1.807, 2.05) is 69.6 Å². The van der Waals surface area contributed by atoms with E-state index >= 15 is 0 Å². The van der Waals surface area contributed by atoms with Gasteiger partial charge >= 0.3 is 5.97 Å².